The zero-order chi connectivity index (χ0) is 34.9. The summed E-state index contributed by atoms with van der Waals surface area (Å²) in [6.45, 7) is -0.149. The van der Waals surface area contributed by atoms with E-state index >= 15 is 0 Å². The summed E-state index contributed by atoms with van der Waals surface area (Å²) in [5.41, 5.74) is 0. The van der Waals surface area contributed by atoms with Crippen molar-refractivity contribution in [2.45, 2.75) is 137 Å². The second-order valence-corrected chi connectivity index (χ2v) is 11.9. The zero-order valence-electron chi connectivity index (χ0n) is 25.3. The first-order valence-electron chi connectivity index (χ1n) is 15.0. The Morgan fingerprint density at radius 1 is 0.553 bits per heavy atom. The van der Waals surface area contributed by atoms with Crippen LogP contribution in [0.2, 0.25) is 0 Å². The first-order valence-corrected chi connectivity index (χ1v) is 15.0. The molecule has 4 rings (SSSR count). The maximum atomic E-state index is 12.5. The predicted molar refractivity (Wildman–Crippen MR) is 144 cm³/mol. The quantitative estimate of drug-likeness (QED) is 0.101. The fraction of sp³-hybridized carbons (Fsp3) is 0.962. The van der Waals surface area contributed by atoms with E-state index in [1.807, 2.05) is 0 Å². The Morgan fingerprint density at radius 3 is 1.62 bits per heavy atom. The van der Waals surface area contributed by atoms with Gasteiger partial charge in [0.05, 0.1) is 25.9 Å². The average molecular weight is 692 g/mol. The lowest BCUT2D eigenvalue weighted by Crippen LogP contribution is -2.71. The van der Waals surface area contributed by atoms with Crippen molar-refractivity contribution >= 4 is 5.91 Å². The van der Waals surface area contributed by atoms with E-state index in [1.54, 1.807) is 0 Å². The summed E-state index contributed by atoms with van der Waals surface area (Å²) in [6, 6.07) is -1.62. The van der Waals surface area contributed by atoms with Crippen LogP contribution in [0.5, 0.6) is 0 Å². The van der Waals surface area contributed by atoms with Gasteiger partial charge in [0.25, 0.3) is 0 Å². The third-order valence-electron chi connectivity index (χ3n) is 8.57. The molecule has 0 aliphatic carbocycles. The van der Waals surface area contributed by atoms with Crippen molar-refractivity contribution in [3.8, 4) is 0 Å². The molecular formula is C26H45NO20. The maximum absolute atomic E-state index is 12.5. The first kappa shape index (κ1) is 38.5. The van der Waals surface area contributed by atoms with Gasteiger partial charge >= 0.3 is 0 Å². The second kappa shape index (κ2) is 16.2. The topological polar surface area (TPSA) is 336 Å². The molecule has 0 aromatic rings. The highest BCUT2D eigenvalue weighted by Crippen LogP contribution is 2.35. The summed E-state index contributed by atoms with van der Waals surface area (Å²) in [4.78, 5) is 12.5. The lowest BCUT2D eigenvalue weighted by Gasteiger charge is -2.51. The number of aliphatic hydroxyl groups excluding tert-OH is 12. The van der Waals surface area contributed by atoms with Crippen LogP contribution in [0.4, 0.5) is 0 Å². The molecule has 4 aliphatic heterocycles. The monoisotopic (exact) mass is 691 g/mol. The lowest BCUT2D eigenvalue weighted by atomic mass is 9.93. The number of hydrogen-bond donors (Lipinski definition) is 13. The van der Waals surface area contributed by atoms with Gasteiger partial charge in [0.2, 0.25) is 5.91 Å². The van der Waals surface area contributed by atoms with Crippen LogP contribution in [-0.2, 0) is 38.0 Å². The molecule has 47 heavy (non-hydrogen) atoms. The summed E-state index contributed by atoms with van der Waals surface area (Å²) >= 11 is 0. The van der Waals surface area contributed by atoms with Gasteiger partial charge in [-0.3, -0.25) is 4.79 Å². The Hall–Kier alpha value is -1.29. The minimum atomic E-state index is -1.99. The number of aliphatic hydroxyl groups is 12. The van der Waals surface area contributed by atoms with Gasteiger partial charge in [0.15, 0.2) is 25.2 Å². The maximum Gasteiger partial charge on any atom is 0.217 e. The Labute approximate surface area is 267 Å². The molecular weight excluding hydrogens is 646 g/mol. The molecule has 4 aliphatic rings. The van der Waals surface area contributed by atoms with E-state index < -0.39 is 148 Å². The first-order chi connectivity index (χ1) is 22.1. The molecule has 0 bridgehead atoms. The van der Waals surface area contributed by atoms with Crippen LogP contribution in [0.25, 0.3) is 0 Å². The molecule has 0 saturated carbocycles. The van der Waals surface area contributed by atoms with Crippen molar-refractivity contribution in [3.05, 3.63) is 0 Å². The van der Waals surface area contributed by atoms with Gasteiger partial charge in [-0.05, 0) is 6.92 Å². The van der Waals surface area contributed by atoms with E-state index in [9.17, 15) is 66.1 Å². The van der Waals surface area contributed by atoms with Gasteiger partial charge in [-0.2, -0.15) is 0 Å². The number of carbonyl (C=O) groups is 1. The second-order valence-electron chi connectivity index (χ2n) is 11.9. The smallest absolute Gasteiger partial charge is 0.217 e. The number of nitrogens with one attached hydrogen (secondary N) is 1. The molecule has 21 nitrogen and oxygen atoms in total. The highest BCUT2D eigenvalue weighted by atomic mass is 16.8. The van der Waals surface area contributed by atoms with Crippen LogP contribution in [0.15, 0.2) is 0 Å². The van der Waals surface area contributed by atoms with Crippen molar-refractivity contribution in [1.82, 2.24) is 5.32 Å². The van der Waals surface area contributed by atoms with Crippen molar-refractivity contribution in [2.75, 3.05) is 19.8 Å². The Balaban J connectivity index is 1.73. The van der Waals surface area contributed by atoms with Gasteiger partial charge in [-0.25, -0.2) is 0 Å². The van der Waals surface area contributed by atoms with E-state index in [4.69, 9.17) is 33.2 Å². The molecule has 274 valence electrons. The Morgan fingerprint density at radius 2 is 1.04 bits per heavy atom. The molecule has 4 heterocycles. The van der Waals surface area contributed by atoms with Crippen molar-refractivity contribution in [3.63, 3.8) is 0 Å². The predicted octanol–water partition coefficient (Wildman–Crippen LogP) is -8.58. The molecule has 0 aromatic heterocycles. The van der Waals surface area contributed by atoms with E-state index in [0.717, 1.165) is 6.92 Å². The van der Waals surface area contributed by atoms with Crippen molar-refractivity contribution < 1.29 is 99.2 Å². The standard InChI is InChI=1S/C26H45NO20/c1-6-12(32)15(35)17(37)25(41-6)45-20-10(5-30)44-24(47-22-14(34)9(4-29)42-23(40)19(22)39)11(27-7(2)31)21(20)46-26-18(38)16(36)13(33)8(3-28)43-26/h6,8-26,28-30,32-40H,3-5H2,1-2H3,(H,27,31). The summed E-state index contributed by atoms with van der Waals surface area (Å²) in [7, 11) is 0. The molecule has 4 saturated heterocycles. The average Bonchev–Trinajstić information content (AvgIpc) is 3.04. The molecule has 0 radical (unpaired) electrons. The van der Waals surface area contributed by atoms with Crippen LogP contribution in [-0.4, -0.2) is 210 Å². The normalized spacial score (nSPS) is 51.0. The van der Waals surface area contributed by atoms with Gasteiger partial charge < -0.3 is 99.8 Å². The minimum Gasteiger partial charge on any atom is -0.394 e. The Bertz CT molecular complexity index is 1010. The van der Waals surface area contributed by atoms with Gasteiger partial charge in [0.1, 0.15) is 91.5 Å². The van der Waals surface area contributed by atoms with E-state index in [2.05, 4.69) is 5.32 Å². The summed E-state index contributed by atoms with van der Waals surface area (Å²) < 4.78 is 39.5. The summed E-state index contributed by atoms with van der Waals surface area (Å²) in [5.74, 6) is -0.765. The van der Waals surface area contributed by atoms with E-state index in [1.165, 1.54) is 6.92 Å². The molecule has 0 aromatic carbocycles. The third-order valence-corrected chi connectivity index (χ3v) is 8.57. The molecule has 13 N–H and O–H groups in total. The number of carbonyl (C=O) groups excluding carboxylic acids is 1. The number of ether oxygens (including phenoxy) is 7. The van der Waals surface area contributed by atoms with Crippen LogP contribution in [0.1, 0.15) is 13.8 Å². The highest BCUT2D eigenvalue weighted by molar-refractivity contribution is 5.73. The SMILES string of the molecule is CC(=O)NC1C(OC2C(O)C(O)OC(CO)C2O)OC(CO)C(OC2OC(C)C(O)C(O)C2O)C1OC1OC(CO)C(O)C(O)C1O. The fourth-order valence-electron chi connectivity index (χ4n) is 5.88. The summed E-state index contributed by atoms with van der Waals surface area (Å²) in [6.07, 6.45) is -32.7. The summed E-state index contributed by atoms with van der Waals surface area (Å²) in [5, 5.41) is 126. The molecule has 0 spiro atoms. The van der Waals surface area contributed by atoms with Crippen molar-refractivity contribution in [1.29, 1.82) is 0 Å². The number of rotatable bonds is 10. The third kappa shape index (κ3) is 8.04. The minimum absolute atomic E-state index is 0.765. The van der Waals surface area contributed by atoms with E-state index in [-0.39, 0.29) is 0 Å². The van der Waals surface area contributed by atoms with Gasteiger partial charge in [-0.1, -0.05) is 0 Å². The molecule has 1 amide bonds. The van der Waals surface area contributed by atoms with Crippen molar-refractivity contribution in [2.24, 2.45) is 0 Å². The molecule has 20 atom stereocenters. The van der Waals surface area contributed by atoms with Gasteiger partial charge in [0, 0.05) is 6.92 Å². The molecule has 20 unspecified atom stereocenters. The van der Waals surface area contributed by atoms with Crippen LogP contribution >= 0.6 is 0 Å². The van der Waals surface area contributed by atoms with Crippen LogP contribution in [0.3, 0.4) is 0 Å². The lowest BCUT2D eigenvalue weighted by molar-refractivity contribution is -0.384. The fourth-order valence-corrected chi connectivity index (χ4v) is 5.88. The highest BCUT2D eigenvalue weighted by Gasteiger charge is 2.56. The molecule has 21 heteroatoms. The zero-order valence-corrected chi connectivity index (χ0v) is 25.3. The number of hydrogen-bond acceptors (Lipinski definition) is 20. The Kier molecular flexibility index (Phi) is 13.2. The number of amides is 1. The van der Waals surface area contributed by atoms with Crippen LogP contribution < -0.4 is 5.32 Å². The van der Waals surface area contributed by atoms with E-state index in [0.29, 0.717) is 0 Å². The largest absolute Gasteiger partial charge is 0.394 e. The van der Waals surface area contributed by atoms with Gasteiger partial charge in [-0.15, -0.1) is 0 Å². The molecule has 4 fully saturated rings. The van der Waals surface area contributed by atoms with Crippen LogP contribution in [0, 0.1) is 0 Å².